The van der Waals surface area contributed by atoms with Gasteiger partial charge in [-0.05, 0) is 41.7 Å². The highest BCUT2D eigenvalue weighted by atomic mass is 16.7. The van der Waals surface area contributed by atoms with Gasteiger partial charge >= 0.3 is 11.7 Å². The number of imidazole rings is 1. The Labute approximate surface area is 273 Å². The normalized spacial score (nSPS) is 22.3. The van der Waals surface area contributed by atoms with Crippen LogP contribution in [0.5, 0.6) is 0 Å². The van der Waals surface area contributed by atoms with E-state index in [0.717, 1.165) is 65.8 Å². The number of fused-ring (bicyclic) bond motifs is 1. The second-order valence-corrected chi connectivity index (χ2v) is 12.6. The topological polar surface area (TPSA) is 146 Å². The maximum absolute atomic E-state index is 12.8. The highest BCUT2D eigenvalue weighted by Gasteiger charge is 2.39. The lowest BCUT2D eigenvalue weighted by Gasteiger charge is -2.44. The van der Waals surface area contributed by atoms with Crippen LogP contribution in [-0.4, -0.2) is 62.3 Å². The number of carbonyl (C=O) groups is 2. The van der Waals surface area contributed by atoms with Crippen molar-refractivity contribution in [1.29, 1.82) is 0 Å². The number of amides is 1. The Kier molecular flexibility index (Phi) is 10.2. The van der Waals surface area contributed by atoms with Crippen molar-refractivity contribution < 1.29 is 29.3 Å². The summed E-state index contributed by atoms with van der Waals surface area (Å²) in [5.74, 6) is -1.26. The number of aromatic amines is 1. The molecule has 2 aliphatic heterocycles. The van der Waals surface area contributed by atoms with E-state index < -0.39 is 12.3 Å². The van der Waals surface area contributed by atoms with E-state index in [9.17, 15) is 19.5 Å². The van der Waals surface area contributed by atoms with Crippen LogP contribution in [0, 0.1) is 5.92 Å². The first-order chi connectivity index (χ1) is 22.8. The van der Waals surface area contributed by atoms with Crippen molar-refractivity contribution in [2.75, 3.05) is 19.6 Å². The van der Waals surface area contributed by atoms with Crippen LogP contribution >= 0.6 is 0 Å². The molecule has 0 radical (unpaired) electrons. The fraction of sp³-hybridized carbons (Fsp3) is 0.417. The maximum atomic E-state index is 12.8. The molecule has 47 heavy (non-hydrogen) atoms. The van der Waals surface area contributed by atoms with Crippen molar-refractivity contribution in [3.8, 4) is 0 Å². The second kappa shape index (κ2) is 14.6. The largest absolute Gasteiger partial charge is 0.481 e. The molecule has 0 saturated carbocycles. The van der Waals surface area contributed by atoms with Gasteiger partial charge in [-0.25, -0.2) is 4.79 Å². The molecule has 248 valence electrons. The maximum Gasteiger partial charge on any atom is 0.326 e. The lowest BCUT2D eigenvalue weighted by molar-refractivity contribution is -0.276. The van der Waals surface area contributed by atoms with Crippen LogP contribution in [-0.2, 0) is 32.2 Å². The first-order valence-electron chi connectivity index (χ1n) is 16.3. The van der Waals surface area contributed by atoms with E-state index in [0.29, 0.717) is 6.54 Å². The number of likely N-dealkylation sites (tertiary alicyclic amines) is 1. The molecule has 0 unspecified atom stereocenters. The number of hydrogen-bond acceptors (Lipinski definition) is 7. The summed E-state index contributed by atoms with van der Waals surface area (Å²) < 4.78 is 15.2. The van der Waals surface area contributed by atoms with Crippen molar-refractivity contribution in [2.24, 2.45) is 5.92 Å². The summed E-state index contributed by atoms with van der Waals surface area (Å²) in [5, 5.41) is 21.1. The van der Waals surface area contributed by atoms with Gasteiger partial charge in [0.1, 0.15) is 0 Å². The molecule has 3 aromatic carbocycles. The zero-order valence-corrected chi connectivity index (χ0v) is 26.5. The molecule has 11 heteroatoms. The number of carboxylic acids is 1. The Balaban J connectivity index is 1.14. The number of nitrogens with zero attached hydrogens (tertiary/aromatic N) is 2. The standard InChI is InChI=1S/C36H42N4O7/c1-23-31(21-39-18-16-28(17-19-39)40-30-5-3-2-4-29(30)38-36(40)45)46-35(47-34(23)26-10-8-25(22-41)9-11-26)27-12-6-24(7-13-27)20-37-32(42)14-15-33(43)44/h2-13,23,28,31,34-35,41H,14-22H2,1H3,(H,37,42)(H,38,45)(H,43,44)/t23-,31+,34+,35+/m0/s1. The minimum Gasteiger partial charge on any atom is -0.481 e. The van der Waals surface area contributed by atoms with Gasteiger partial charge < -0.3 is 34.9 Å². The van der Waals surface area contributed by atoms with Crippen molar-refractivity contribution in [3.63, 3.8) is 0 Å². The molecule has 2 aliphatic rings. The molecule has 0 bridgehead atoms. The van der Waals surface area contributed by atoms with Gasteiger partial charge in [0.15, 0.2) is 6.29 Å². The summed E-state index contributed by atoms with van der Waals surface area (Å²) in [6.07, 6.45) is 0.495. The van der Waals surface area contributed by atoms with Gasteiger partial charge in [-0.1, -0.05) is 67.6 Å². The Morgan fingerprint density at radius 2 is 1.60 bits per heavy atom. The average Bonchev–Trinajstić information content (AvgIpc) is 3.43. The fourth-order valence-electron chi connectivity index (χ4n) is 6.68. The Hall–Kier alpha value is -4.29. The first kappa shape index (κ1) is 32.6. The molecule has 2 fully saturated rings. The lowest BCUT2D eigenvalue weighted by Crippen LogP contribution is -2.47. The van der Waals surface area contributed by atoms with E-state index in [-0.39, 0.29) is 55.2 Å². The molecule has 0 spiro atoms. The molecule has 1 aromatic heterocycles. The number of aromatic nitrogens is 2. The highest BCUT2D eigenvalue weighted by Crippen LogP contribution is 2.42. The van der Waals surface area contributed by atoms with Crippen molar-refractivity contribution >= 4 is 22.9 Å². The Morgan fingerprint density at radius 1 is 0.915 bits per heavy atom. The molecule has 4 aromatic rings. The van der Waals surface area contributed by atoms with Gasteiger partial charge in [0.25, 0.3) is 0 Å². The van der Waals surface area contributed by atoms with Crippen LogP contribution in [0.25, 0.3) is 11.0 Å². The molecule has 4 N–H and O–H groups in total. The number of aliphatic hydroxyl groups is 1. The third-order valence-corrected chi connectivity index (χ3v) is 9.42. The quantitative estimate of drug-likeness (QED) is 0.188. The zero-order valence-electron chi connectivity index (χ0n) is 26.5. The van der Waals surface area contributed by atoms with E-state index >= 15 is 0 Å². The predicted molar refractivity (Wildman–Crippen MR) is 175 cm³/mol. The minimum atomic E-state index is -1.00. The van der Waals surface area contributed by atoms with Crippen molar-refractivity contribution in [3.05, 3.63) is 106 Å². The van der Waals surface area contributed by atoms with Crippen LogP contribution in [0.3, 0.4) is 0 Å². The van der Waals surface area contributed by atoms with Crippen LogP contribution in [0.1, 0.15) is 73.3 Å². The number of rotatable bonds is 11. The molecular formula is C36H42N4O7. The third kappa shape index (κ3) is 7.65. The summed E-state index contributed by atoms with van der Waals surface area (Å²) in [7, 11) is 0. The molecule has 1 amide bonds. The van der Waals surface area contributed by atoms with E-state index in [4.69, 9.17) is 14.6 Å². The molecule has 0 aliphatic carbocycles. The number of carbonyl (C=O) groups excluding carboxylic acids is 1. The fourth-order valence-corrected chi connectivity index (χ4v) is 6.68. The van der Waals surface area contributed by atoms with E-state index in [1.165, 1.54) is 0 Å². The summed E-state index contributed by atoms with van der Waals surface area (Å²) in [6, 6.07) is 23.5. The minimum absolute atomic E-state index is 0.0251. The number of H-pyrrole nitrogens is 1. The van der Waals surface area contributed by atoms with E-state index in [1.54, 1.807) is 0 Å². The Bertz CT molecular complexity index is 1720. The molecule has 3 heterocycles. The molecular weight excluding hydrogens is 600 g/mol. The summed E-state index contributed by atoms with van der Waals surface area (Å²) >= 11 is 0. The molecule has 2 saturated heterocycles. The number of hydrogen-bond donors (Lipinski definition) is 4. The highest BCUT2D eigenvalue weighted by molar-refractivity contribution is 5.80. The number of piperidine rings is 1. The smallest absolute Gasteiger partial charge is 0.326 e. The number of benzene rings is 3. The number of aliphatic carboxylic acids is 1. The van der Waals surface area contributed by atoms with Crippen molar-refractivity contribution in [1.82, 2.24) is 19.8 Å². The summed E-state index contributed by atoms with van der Waals surface area (Å²) in [6.45, 7) is 4.84. The van der Waals surface area contributed by atoms with E-state index in [2.05, 4.69) is 22.1 Å². The van der Waals surface area contributed by atoms with Gasteiger partial charge in [0.05, 0.1) is 36.3 Å². The number of aliphatic hydroxyl groups excluding tert-OH is 1. The van der Waals surface area contributed by atoms with Crippen LogP contribution in [0.15, 0.2) is 77.6 Å². The number of nitrogens with one attached hydrogen (secondary N) is 2. The van der Waals surface area contributed by atoms with Crippen molar-refractivity contribution in [2.45, 2.75) is 70.3 Å². The zero-order chi connectivity index (χ0) is 32.9. The molecule has 11 nitrogen and oxygen atoms in total. The third-order valence-electron chi connectivity index (χ3n) is 9.42. The van der Waals surface area contributed by atoms with Gasteiger partial charge in [-0.15, -0.1) is 0 Å². The van der Waals surface area contributed by atoms with Crippen LogP contribution in [0.2, 0.25) is 0 Å². The predicted octanol–water partition coefficient (Wildman–Crippen LogP) is 4.43. The number of carboxylic acid groups (broad SMARTS) is 1. The summed E-state index contributed by atoms with van der Waals surface area (Å²) in [5.41, 5.74) is 5.35. The Morgan fingerprint density at radius 3 is 2.30 bits per heavy atom. The first-order valence-corrected chi connectivity index (χ1v) is 16.3. The average molecular weight is 643 g/mol. The van der Waals surface area contributed by atoms with Crippen LogP contribution in [0.4, 0.5) is 0 Å². The van der Waals surface area contributed by atoms with Gasteiger partial charge in [0, 0.05) is 50.1 Å². The lowest BCUT2D eigenvalue weighted by atomic mass is 9.89. The monoisotopic (exact) mass is 642 g/mol. The van der Waals surface area contributed by atoms with Gasteiger partial charge in [-0.3, -0.25) is 14.2 Å². The van der Waals surface area contributed by atoms with Crippen LogP contribution < -0.4 is 11.0 Å². The molecule has 4 atom stereocenters. The van der Waals surface area contributed by atoms with Gasteiger partial charge in [0.2, 0.25) is 5.91 Å². The number of ether oxygens (including phenoxy) is 2. The summed E-state index contributed by atoms with van der Waals surface area (Å²) in [4.78, 5) is 40.9. The second-order valence-electron chi connectivity index (χ2n) is 12.6. The van der Waals surface area contributed by atoms with E-state index in [1.807, 2.05) is 77.4 Å². The molecule has 6 rings (SSSR count). The number of para-hydroxylation sites is 2. The SMILES string of the molecule is C[C@H]1[C@@H](CN2CCC(n3c(=O)[nH]c4ccccc43)CC2)O[C@@H](c2ccc(CNC(=O)CCC(=O)O)cc2)O[C@H]1c1ccc(CO)cc1. The van der Waals surface area contributed by atoms with Gasteiger partial charge in [-0.2, -0.15) is 0 Å².